The minimum absolute atomic E-state index is 0.0128. The van der Waals surface area contributed by atoms with Crippen molar-refractivity contribution < 1.29 is 19.8 Å². The Morgan fingerprint density at radius 1 is 0.952 bits per heavy atom. The minimum Gasteiger partial charge on any atom is -0.480 e. The summed E-state index contributed by atoms with van der Waals surface area (Å²) in [5, 5.41) is 20.3. The summed E-state index contributed by atoms with van der Waals surface area (Å²) >= 11 is 0. The molecular formula is C13H24N4O4. The first-order valence-corrected chi connectivity index (χ1v) is 7.06. The van der Waals surface area contributed by atoms with Crippen LogP contribution in [-0.4, -0.2) is 102 Å². The number of carbonyl (C=O) groups is 2. The monoisotopic (exact) mass is 300 g/mol. The highest BCUT2D eigenvalue weighted by molar-refractivity contribution is 5.69. The molecule has 1 heterocycles. The Hall–Kier alpha value is -1.22. The molecule has 0 amide bonds. The van der Waals surface area contributed by atoms with Crippen molar-refractivity contribution in [1.29, 1.82) is 0 Å². The molecule has 0 aromatic carbocycles. The van der Waals surface area contributed by atoms with Crippen LogP contribution < -0.4 is 5.32 Å². The van der Waals surface area contributed by atoms with Crippen LogP contribution in [0.4, 0.5) is 0 Å². The van der Waals surface area contributed by atoms with Gasteiger partial charge in [0.15, 0.2) is 0 Å². The number of hydrogen-bond donors (Lipinski definition) is 3. The zero-order chi connectivity index (χ0) is 15.7. The van der Waals surface area contributed by atoms with Gasteiger partial charge in [-0.15, -0.1) is 0 Å². The molecule has 1 fully saturated rings. The summed E-state index contributed by atoms with van der Waals surface area (Å²) < 4.78 is 0. The van der Waals surface area contributed by atoms with Crippen LogP contribution in [0.3, 0.4) is 0 Å². The highest BCUT2D eigenvalue weighted by atomic mass is 16.4. The summed E-state index contributed by atoms with van der Waals surface area (Å²) in [5.41, 5.74) is 0. The van der Waals surface area contributed by atoms with E-state index in [1.54, 1.807) is 4.90 Å². The number of carboxylic acid groups (broad SMARTS) is 2. The van der Waals surface area contributed by atoms with Crippen molar-refractivity contribution in [1.82, 2.24) is 20.0 Å². The molecule has 120 valence electrons. The van der Waals surface area contributed by atoms with Crippen molar-refractivity contribution in [3.05, 3.63) is 7.05 Å². The molecule has 0 aliphatic carbocycles. The first kappa shape index (κ1) is 17.8. The van der Waals surface area contributed by atoms with E-state index in [0.29, 0.717) is 39.3 Å². The van der Waals surface area contributed by atoms with Gasteiger partial charge in [0.1, 0.15) is 0 Å². The van der Waals surface area contributed by atoms with Crippen LogP contribution in [0.2, 0.25) is 0 Å². The van der Waals surface area contributed by atoms with E-state index in [2.05, 4.69) is 10.2 Å². The van der Waals surface area contributed by atoms with Gasteiger partial charge in [-0.05, 0) is 0 Å². The van der Waals surface area contributed by atoms with Gasteiger partial charge in [-0.3, -0.25) is 24.3 Å². The molecule has 0 unspecified atom stereocenters. The standard InChI is InChI=1S/C13H24N4O4/c1-15-4-6-16(3-2-14-10-12(18)19)8-9-17(7-5-15)11-13(20)21/h1,14H,2-11H2,(H,18,19)(H,20,21). The molecule has 0 saturated carbocycles. The van der Waals surface area contributed by atoms with Gasteiger partial charge in [0.25, 0.3) is 0 Å². The number of carboxylic acids is 2. The third-order valence-corrected chi connectivity index (χ3v) is 3.38. The molecule has 1 aliphatic heterocycles. The smallest absolute Gasteiger partial charge is 0.317 e. The van der Waals surface area contributed by atoms with E-state index in [0.717, 1.165) is 13.1 Å². The average Bonchev–Trinajstić information content (AvgIpc) is 2.48. The van der Waals surface area contributed by atoms with E-state index >= 15 is 0 Å². The van der Waals surface area contributed by atoms with Crippen LogP contribution in [0.15, 0.2) is 0 Å². The van der Waals surface area contributed by atoms with Gasteiger partial charge in [-0.25, -0.2) is 0 Å². The third-order valence-electron chi connectivity index (χ3n) is 3.38. The number of nitrogens with one attached hydrogen (secondary N) is 1. The summed E-state index contributed by atoms with van der Waals surface area (Å²) in [5.74, 6) is -1.72. The maximum absolute atomic E-state index is 10.8. The molecule has 8 nitrogen and oxygen atoms in total. The summed E-state index contributed by atoms with van der Waals surface area (Å²) in [4.78, 5) is 27.0. The molecule has 0 atom stereocenters. The highest BCUT2D eigenvalue weighted by Crippen LogP contribution is 1.99. The summed E-state index contributed by atoms with van der Waals surface area (Å²) in [7, 11) is 5.86. The van der Waals surface area contributed by atoms with Crippen molar-refractivity contribution in [3.63, 3.8) is 0 Å². The molecule has 0 bridgehead atoms. The van der Waals surface area contributed by atoms with Crippen LogP contribution in [0, 0.1) is 7.05 Å². The van der Waals surface area contributed by atoms with Crippen molar-refractivity contribution in [2.75, 3.05) is 65.4 Å². The molecule has 21 heavy (non-hydrogen) atoms. The Morgan fingerprint density at radius 3 is 2.14 bits per heavy atom. The van der Waals surface area contributed by atoms with Gasteiger partial charge in [-0.2, -0.15) is 0 Å². The van der Waals surface area contributed by atoms with Gasteiger partial charge in [0.05, 0.1) is 13.1 Å². The van der Waals surface area contributed by atoms with Crippen LogP contribution in [0.25, 0.3) is 0 Å². The Labute approximate surface area is 125 Å². The molecule has 1 aliphatic rings. The Balaban J connectivity index is 2.40. The second kappa shape index (κ2) is 9.67. The van der Waals surface area contributed by atoms with Gasteiger partial charge < -0.3 is 15.5 Å². The Morgan fingerprint density at radius 2 is 1.52 bits per heavy atom. The van der Waals surface area contributed by atoms with Crippen molar-refractivity contribution in [2.45, 2.75) is 0 Å². The third kappa shape index (κ3) is 8.61. The summed E-state index contributed by atoms with van der Waals surface area (Å²) in [6.07, 6.45) is 0. The zero-order valence-electron chi connectivity index (χ0n) is 12.2. The lowest BCUT2D eigenvalue weighted by molar-refractivity contribution is -0.138. The molecule has 1 saturated heterocycles. The molecular weight excluding hydrogens is 276 g/mol. The molecule has 0 aromatic heterocycles. The van der Waals surface area contributed by atoms with E-state index in [-0.39, 0.29) is 13.1 Å². The Bertz CT molecular complexity index is 340. The fourth-order valence-electron chi connectivity index (χ4n) is 2.16. The zero-order valence-corrected chi connectivity index (χ0v) is 12.2. The number of nitrogens with zero attached hydrogens (tertiary/aromatic N) is 3. The van der Waals surface area contributed by atoms with Gasteiger partial charge in [-0.1, -0.05) is 0 Å². The van der Waals surface area contributed by atoms with E-state index in [9.17, 15) is 9.59 Å². The normalized spacial score (nSPS) is 19.7. The minimum atomic E-state index is -0.875. The van der Waals surface area contributed by atoms with Crippen molar-refractivity contribution in [2.24, 2.45) is 0 Å². The first-order valence-electron chi connectivity index (χ1n) is 7.06. The van der Waals surface area contributed by atoms with Crippen LogP contribution in [0.1, 0.15) is 0 Å². The van der Waals surface area contributed by atoms with E-state index in [4.69, 9.17) is 17.3 Å². The van der Waals surface area contributed by atoms with Crippen molar-refractivity contribution >= 4 is 11.9 Å². The lowest BCUT2D eigenvalue weighted by Crippen LogP contribution is -2.41. The predicted octanol–water partition coefficient (Wildman–Crippen LogP) is -1.67. The van der Waals surface area contributed by atoms with Crippen LogP contribution >= 0.6 is 0 Å². The molecule has 2 radical (unpaired) electrons. The van der Waals surface area contributed by atoms with Gasteiger partial charge in [0.2, 0.25) is 0 Å². The molecule has 8 heteroatoms. The maximum atomic E-state index is 10.8. The lowest BCUT2D eigenvalue weighted by Gasteiger charge is -2.24. The average molecular weight is 300 g/mol. The van der Waals surface area contributed by atoms with Gasteiger partial charge in [0, 0.05) is 59.4 Å². The second-order valence-electron chi connectivity index (χ2n) is 5.12. The quantitative estimate of drug-likeness (QED) is 0.481. The Kier molecular flexibility index (Phi) is 8.21. The fourth-order valence-corrected chi connectivity index (χ4v) is 2.16. The molecule has 1 rings (SSSR count). The second-order valence-corrected chi connectivity index (χ2v) is 5.12. The maximum Gasteiger partial charge on any atom is 0.317 e. The number of rotatable bonds is 7. The molecule has 0 aromatic rings. The van der Waals surface area contributed by atoms with E-state index in [1.807, 2.05) is 4.90 Å². The number of aliphatic carboxylic acids is 2. The molecule has 0 spiro atoms. The van der Waals surface area contributed by atoms with Gasteiger partial charge >= 0.3 is 11.9 Å². The SMILES string of the molecule is [CH]N1CCN(CCNCC(=O)O)CCN(CC(=O)O)CC1. The lowest BCUT2D eigenvalue weighted by atomic mass is 10.4. The predicted molar refractivity (Wildman–Crippen MR) is 76.9 cm³/mol. The molecule has 3 N–H and O–H groups in total. The largest absolute Gasteiger partial charge is 0.480 e. The van der Waals surface area contributed by atoms with Crippen molar-refractivity contribution in [3.8, 4) is 0 Å². The summed E-state index contributed by atoms with van der Waals surface area (Å²) in [6.45, 7) is 5.42. The number of hydrogen-bond acceptors (Lipinski definition) is 6. The van der Waals surface area contributed by atoms with E-state index in [1.165, 1.54) is 0 Å². The topological polar surface area (TPSA) is 96.4 Å². The van der Waals surface area contributed by atoms with E-state index < -0.39 is 11.9 Å². The van der Waals surface area contributed by atoms with Crippen LogP contribution in [-0.2, 0) is 9.59 Å². The fraction of sp³-hybridized carbons (Fsp3) is 0.769. The van der Waals surface area contributed by atoms with Crippen LogP contribution in [0.5, 0.6) is 0 Å². The highest BCUT2D eigenvalue weighted by Gasteiger charge is 2.16. The first-order chi connectivity index (χ1) is 9.97. The summed E-state index contributed by atoms with van der Waals surface area (Å²) in [6, 6.07) is 0.